The summed E-state index contributed by atoms with van der Waals surface area (Å²) in [6.45, 7) is 3.52. The average Bonchev–Trinajstić information content (AvgIpc) is 2.62. The zero-order valence-corrected chi connectivity index (χ0v) is 14.6. The smallest absolute Gasteiger partial charge is 0.213 e. The van der Waals surface area contributed by atoms with E-state index in [-0.39, 0.29) is 11.7 Å². The summed E-state index contributed by atoms with van der Waals surface area (Å²) >= 11 is 0. The minimum Gasteiger partial charge on any atom is -0.496 e. The summed E-state index contributed by atoms with van der Waals surface area (Å²) in [5.41, 5.74) is 1.15. The highest BCUT2D eigenvalue weighted by Crippen LogP contribution is 2.37. The third-order valence-corrected chi connectivity index (χ3v) is 4.98. The van der Waals surface area contributed by atoms with Gasteiger partial charge in [-0.1, -0.05) is 24.3 Å². The monoisotopic (exact) mass is 340 g/mol. The summed E-state index contributed by atoms with van der Waals surface area (Å²) in [4.78, 5) is 6.67. The average molecular weight is 340 g/mol. The van der Waals surface area contributed by atoms with Crippen molar-refractivity contribution in [1.29, 1.82) is 0 Å². The first-order valence-corrected chi connectivity index (χ1v) is 8.82. The van der Waals surface area contributed by atoms with E-state index in [4.69, 9.17) is 14.2 Å². The first kappa shape index (κ1) is 16.4. The summed E-state index contributed by atoms with van der Waals surface area (Å²) in [6.07, 6.45) is 3.79. The van der Waals surface area contributed by atoms with Crippen molar-refractivity contribution in [2.45, 2.75) is 31.1 Å². The van der Waals surface area contributed by atoms with Crippen molar-refractivity contribution in [3.8, 4) is 11.6 Å². The lowest BCUT2D eigenvalue weighted by atomic mass is 9.84. The van der Waals surface area contributed by atoms with Gasteiger partial charge in [0.05, 0.1) is 19.3 Å². The SMILES string of the molecule is COc1ccccc1CN1CC2(CC(Oc3ccccn3)CCO2)C1. The Morgan fingerprint density at radius 3 is 2.84 bits per heavy atom. The van der Waals surface area contributed by atoms with E-state index in [2.05, 4.69) is 22.0 Å². The summed E-state index contributed by atoms with van der Waals surface area (Å²) in [7, 11) is 1.72. The highest BCUT2D eigenvalue weighted by atomic mass is 16.5. The molecule has 0 saturated carbocycles. The van der Waals surface area contributed by atoms with Crippen LogP contribution in [0.25, 0.3) is 0 Å². The van der Waals surface area contributed by atoms with Crippen LogP contribution in [0, 0.1) is 0 Å². The second kappa shape index (κ2) is 7.02. The number of pyridine rings is 1. The molecule has 0 radical (unpaired) electrons. The Labute approximate surface area is 148 Å². The number of aromatic nitrogens is 1. The summed E-state index contributed by atoms with van der Waals surface area (Å²) in [5, 5.41) is 0. The van der Waals surface area contributed by atoms with Crippen molar-refractivity contribution in [1.82, 2.24) is 9.88 Å². The molecule has 2 fully saturated rings. The Hall–Kier alpha value is -2.11. The molecule has 0 aliphatic carbocycles. The second-order valence-corrected chi connectivity index (χ2v) is 6.89. The van der Waals surface area contributed by atoms with Crippen molar-refractivity contribution >= 4 is 0 Å². The van der Waals surface area contributed by atoms with Gasteiger partial charge in [0.25, 0.3) is 0 Å². The quantitative estimate of drug-likeness (QED) is 0.837. The van der Waals surface area contributed by atoms with Crippen molar-refractivity contribution in [3.63, 3.8) is 0 Å². The van der Waals surface area contributed by atoms with E-state index in [1.807, 2.05) is 30.3 Å². The minimum absolute atomic E-state index is 0.0697. The van der Waals surface area contributed by atoms with Gasteiger partial charge in [0.1, 0.15) is 11.9 Å². The van der Waals surface area contributed by atoms with Crippen LogP contribution in [0.1, 0.15) is 18.4 Å². The molecule has 1 aromatic carbocycles. The second-order valence-electron chi connectivity index (χ2n) is 6.89. The van der Waals surface area contributed by atoms with Gasteiger partial charge in [0.15, 0.2) is 0 Å². The number of nitrogens with zero attached hydrogens (tertiary/aromatic N) is 2. The van der Waals surface area contributed by atoms with E-state index < -0.39 is 0 Å². The van der Waals surface area contributed by atoms with Crippen LogP contribution in [-0.2, 0) is 11.3 Å². The maximum Gasteiger partial charge on any atom is 0.213 e. The number of hydrogen-bond donors (Lipinski definition) is 0. The minimum atomic E-state index is -0.0697. The highest BCUT2D eigenvalue weighted by molar-refractivity contribution is 5.33. The predicted octanol–water partition coefficient (Wildman–Crippen LogP) is 2.90. The largest absolute Gasteiger partial charge is 0.496 e. The van der Waals surface area contributed by atoms with Crippen molar-refractivity contribution < 1.29 is 14.2 Å². The van der Waals surface area contributed by atoms with E-state index in [1.165, 1.54) is 5.56 Å². The van der Waals surface area contributed by atoms with Crippen molar-refractivity contribution in [2.75, 3.05) is 26.8 Å². The van der Waals surface area contributed by atoms with Crippen LogP contribution in [0.3, 0.4) is 0 Å². The number of rotatable bonds is 5. The Morgan fingerprint density at radius 1 is 1.20 bits per heavy atom. The Kier molecular flexibility index (Phi) is 4.59. The lowest BCUT2D eigenvalue weighted by molar-refractivity contribution is -0.188. The van der Waals surface area contributed by atoms with Gasteiger partial charge in [-0.2, -0.15) is 0 Å². The zero-order valence-electron chi connectivity index (χ0n) is 14.6. The molecular formula is C20H24N2O3. The molecule has 0 amide bonds. The molecule has 3 heterocycles. The van der Waals surface area contributed by atoms with Crippen LogP contribution < -0.4 is 9.47 Å². The van der Waals surface area contributed by atoms with E-state index >= 15 is 0 Å². The maximum atomic E-state index is 6.12. The lowest BCUT2D eigenvalue weighted by Gasteiger charge is -2.53. The van der Waals surface area contributed by atoms with Crippen LogP contribution in [-0.4, -0.2) is 48.4 Å². The Bertz CT molecular complexity index is 701. The Balaban J connectivity index is 1.33. The molecule has 5 heteroatoms. The molecule has 2 aromatic rings. The molecule has 2 aliphatic heterocycles. The van der Waals surface area contributed by atoms with Gasteiger partial charge in [-0.05, 0) is 12.1 Å². The molecule has 1 unspecified atom stereocenters. The topological polar surface area (TPSA) is 43.8 Å². The standard InChI is InChI=1S/C20H24N2O3/c1-23-18-7-3-2-6-16(18)13-22-14-20(15-22)12-17(9-11-24-20)25-19-8-4-5-10-21-19/h2-8,10,17H,9,11-15H2,1H3. The first-order valence-electron chi connectivity index (χ1n) is 8.82. The molecule has 2 saturated heterocycles. The molecule has 2 aliphatic rings. The van der Waals surface area contributed by atoms with Crippen LogP contribution >= 0.6 is 0 Å². The fraction of sp³-hybridized carbons (Fsp3) is 0.450. The van der Waals surface area contributed by atoms with Crippen molar-refractivity contribution in [3.05, 3.63) is 54.2 Å². The molecule has 1 spiro atoms. The maximum absolute atomic E-state index is 6.12. The fourth-order valence-electron chi connectivity index (χ4n) is 3.85. The van der Waals surface area contributed by atoms with Crippen LogP contribution in [0.15, 0.2) is 48.7 Å². The summed E-state index contributed by atoms with van der Waals surface area (Å²) in [6, 6.07) is 14.0. The molecule has 1 atom stereocenters. The third kappa shape index (κ3) is 3.62. The number of ether oxygens (including phenoxy) is 3. The van der Waals surface area contributed by atoms with Crippen molar-refractivity contribution in [2.24, 2.45) is 0 Å². The van der Waals surface area contributed by atoms with Gasteiger partial charge in [0, 0.05) is 50.3 Å². The van der Waals surface area contributed by atoms with Gasteiger partial charge in [-0.15, -0.1) is 0 Å². The lowest BCUT2D eigenvalue weighted by Crippen LogP contribution is -2.65. The number of benzene rings is 1. The predicted molar refractivity (Wildman–Crippen MR) is 94.8 cm³/mol. The van der Waals surface area contributed by atoms with Crippen LogP contribution in [0.4, 0.5) is 0 Å². The van der Waals surface area contributed by atoms with Crippen LogP contribution in [0.5, 0.6) is 11.6 Å². The molecule has 4 rings (SSSR count). The van der Waals surface area contributed by atoms with Gasteiger partial charge >= 0.3 is 0 Å². The number of hydrogen-bond acceptors (Lipinski definition) is 5. The van der Waals surface area contributed by atoms with E-state index in [0.29, 0.717) is 5.88 Å². The van der Waals surface area contributed by atoms with Gasteiger partial charge < -0.3 is 14.2 Å². The van der Waals surface area contributed by atoms with Gasteiger partial charge in [-0.3, -0.25) is 4.90 Å². The third-order valence-electron chi connectivity index (χ3n) is 4.98. The van der Waals surface area contributed by atoms with E-state index in [0.717, 1.165) is 44.8 Å². The number of para-hydroxylation sites is 1. The van der Waals surface area contributed by atoms with Crippen LogP contribution in [0.2, 0.25) is 0 Å². The van der Waals surface area contributed by atoms with Gasteiger partial charge in [-0.25, -0.2) is 4.98 Å². The molecule has 25 heavy (non-hydrogen) atoms. The number of likely N-dealkylation sites (tertiary alicyclic amines) is 1. The van der Waals surface area contributed by atoms with Gasteiger partial charge in [0.2, 0.25) is 5.88 Å². The summed E-state index contributed by atoms with van der Waals surface area (Å²) < 4.78 is 17.6. The first-order chi connectivity index (χ1) is 12.3. The normalized spacial score (nSPS) is 22.4. The van der Waals surface area contributed by atoms with E-state index in [9.17, 15) is 0 Å². The molecular weight excluding hydrogens is 316 g/mol. The highest BCUT2D eigenvalue weighted by Gasteiger charge is 2.48. The fourth-order valence-corrected chi connectivity index (χ4v) is 3.85. The Morgan fingerprint density at radius 2 is 2.04 bits per heavy atom. The molecule has 5 nitrogen and oxygen atoms in total. The van der Waals surface area contributed by atoms with E-state index in [1.54, 1.807) is 13.3 Å². The number of methoxy groups -OCH3 is 1. The zero-order chi connectivity index (χ0) is 17.1. The molecule has 0 bridgehead atoms. The molecule has 1 aromatic heterocycles. The molecule has 132 valence electrons. The summed E-state index contributed by atoms with van der Waals surface area (Å²) in [5.74, 6) is 1.65. The molecule has 0 N–H and O–H groups in total.